The first-order chi connectivity index (χ1) is 9.82. The Morgan fingerprint density at radius 1 is 1.10 bits per heavy atom. The molecule has 0 aromatic heterocycles. The monoisotopic (exact) mass is 286 g/mol. The van der Waals surface area contributed by atoms with Crippen LogP contribution in [0.4, 0.5) is 10.5 Å². The molecule has 3 fully saturated rings. The molecule has 3 aliphatic rings. The van der Waals surface area contributed by atoms with Crippen LogP contribution < -0.4 is 5.01 Å². The fourth-order valence-electron chi connectivity index (χ4n) is 5.03. The van der Waals surface area contributed by atoms with Crippen molar-refractivity contribution in [3.05, 3.63) is 30.3 Å². The van der Waals surface area contributed by atoms with E-state index in [1.807, 2.05) is 23.2 Å². The molecular formula is C17H22N2O2. The average Bonchev–Trinajstić information content (AvgIpc) is 2.87. The third-order valence-electron chi connectivity index (χ3n) is 6.18. The Labute approximate surface area is 125 Å². The largest absolute Gasteiger partial charge is 0.439 e. The molecule has 1 amide bonds. The van der Waals surface area contributed by atoms with E-state index in [9.17, 15) is 4.79 Å². The summed E-state index contributed by atoms with van der Waals surface area (Å²) in [5.74, 6) is 0.404. The van der Waals surface area contributed by atoms with Crippen LogP contribution in [0.2, 0.25) is 0 Å². The van der Waals surface area contributed by atoms with Crippen molar-refractivity contribution in [3.8, 4) is 0 Å². The van der Waals surface area contributed by atoms with Gasteiger partial charge in [-0.3, -0.25) is 5.01 Å². The summed E-state index contributed by atoms with van der Waals surface area (Å²) < 4.78 is 5.80. The van der Waals surface area contributed by atoms with Crippen LogP contribution in [0.25, 0.3) is 0 Å². The lowest BCUT2D eigenvalue weighted by molar-refractivity contribution is 0.0271. The van der Waals surface area contributed by atoms with E-state index in [2.05, 4.69) is 44.8 Å². The first-order valence-corrected chi connectivity index (χ1v) is 7.71. The number of hydrogen-bond donors (Lipinski definition) is 0. The van der Waals surface area contributed by atoms with Crippen LogP contribution in [0.1, 0.15) is 40.5 Å². The third kappa shape index (κ3) is 1.25. The normalized spacial score (nSPS) is 39.6. The number of carbonyl (C=O) groups is 1. The summed E-state index contributed by atoms with van der Waals surface area (Å²) in [6.45, 7) is 8.77. The first-order valence-electron chi connectivity index (χ1n) is 7.71. The first kappa shape index (κ1) is 13.0. The zero-order valence-corrected chi connectivity index (χ0v) is 13.1. The molecule has 0 radical (unpaired) electrons. The molecule has 1 aromatic carbocycles. The number of amides is 1. The second-order valence-electron chi connectivity index (χ2n) is 7.45. The van der Waals surface area contributed by atoms with Crippen LogP contribution in [-0.4, -0.2) is 27.8 Å². The maximum absolute atomic E-state index is 12.6. The Kier molecular flexibility index (Phi) is 2.19. The Balaban J connectivity index is 1.92. The highest BCUT2D eigenvalue weighted by atomic mass is 16.6. The van der Waals surface area contributed by atoms with Crippen LogP contribution in [-0.2, 0) is 4.74 Å². The Morgan fingerprint density at radius 3 is 2.43 bits per heavy atom. The topological polar surface area (TPSA) is 32.8 Å². The quantitative estimate of drug-likeness (QED) is 0.791. The molecule has 0 unspecified atom stereocenters. The summed E-state index contributed by atoms with van der Waals surface area (Å²) in [7, 11) is 0. The van der Waals surface area contributed by atoms with Crippen molar-refractivity contribution < 1.29 is 9.53 Å². The molecule has 4 rings (SSSR count). The van der Waals surface area contributed by atoms with Gasteiger partial charge in [-0.05, 0) is 52.7 Å². The maximum Gasteiger partial charge on any atom is 0.430 e. The zero-order valence-electron chi connectivity index (χ0n) is 13.1. The highest BCUT2D eigenvalue weighted by molar-refractivity contribution is 5.78. The highest BCUT2D eigenvalue weighted by Gasteiger charge is 2.76. The van der Waals surface area contributed by atoms with Gasteiger partial charge in [0.1, 0.15) is 11.1 Å². The minimum atomic E-state index is -0.379. The lowest BCUT2D eigenvalue weighted by atomic mass is 9.74. The minimum Gasteiger partial charge on any atom is -0.439 e. The van der Waals surface area contributed by atoms with E-state index in [1.54, 1.807) is 0 Å². The number of para-hydroxylation sites is 1. The molecule has 2 saturated heterocycles. The Hall–Kier alpha value is -1.71. The van der Waals surface area contributed by atoms with Crippen LogP contribution in [0.3, 0.4) is 0 Å². The van der Waals surface area contributed by atoms with E-state index in [1.165, 1.54) is 0 Å². The molecule has 4 nitrogen and oxygen atoms in total. The van der Waals surface area contributed by atoms with Gasteiger partial charge in [-0.25, -0.2) is 9.80 Å². The molecule has 0 spiro atoms. The van der Waals surface area contributed by atoms with Gasteiger partial charge in [-0.2, -0.15) is 0 Å². The number of hydrogen-bond acceptors (Lipinski definition) is 3. The highest BCUT2D eigenvalue weighted by Crippen LogP contribution is 2.63. The van der Waals surface area contributed by atoms with Gasteiger partial charge in [0.25, 0.3) is 0 Å². The summed E-state index contributed by atoms with van der Waals surface area (Å²) in [6.07, 6.45) is 1.83. The van der Waals surface area contributed by atoms with Gasteiger partial charge in [-0.1, -0.05) is 18.2 Å². The van der Waals surface area contributed by atoms with Crippen LogP contribution in [0, 0.1) is 5.92 Å². The van der Waals surface area contributed by atoms with Gasteiger partial charge in [0.2, 0.25) is 0 Å². The summed E-state index contributed by atoms with van der Waals surface area (Å²) in [6, 6.07) is 10.2. The van der Waals surface area contributed by atoms with Crippen LogP contribution in [0.5, 0.6) is 0 Å². The molecule has 1 aromatic rings. The molecule has 2 heterocycles. The molecule has 1 saturated carbocycles. The maximum atomic E-state index is 12.6. The predicted octanol–water partition coefficient (Wildman–Crippen LogP) is 3.58. The van der Waals surface area contributed by atoms with Crippen LogP contribution in [0.15, 0.2) is 30.3 Å². The smallest absolute Gasteiger partial charge is 0.430 e. The number of ether oxygens (including phenoxy) is 1. The van der Waals surface area contributed by atoms with Crippen molar-refractivity contribution in [1.82, 2.24) is 5.01 Å². The van der Waals surface area contributed by atoms with Gasteiger partial charge in [0, 0.05) is 5.92 Å². The third-order valence-corrected chi connectivity index (χ3v) is 6.18. The fraction of sp³-hybridized carbons (Fsp3) is 0.588. The Bertz CT molecular complexity index is 614. The molecule has 112 valence electrons. The summed E-state index contributed by atoms with van der Waals surface area (Å²) in [5.41, 5.74) is 0.311. The number of benzene rings is 1. The summed E-state index contributed by atoms with van der Waals surface area (Å²) in [4.78, 5) is 12.6. The average molecular weight is 286 g/mol. The summed E-state index contributed by atoms with van der Waals surface area (Å²) in [5, 5.41) is 4.05. The molecule has 1 aliphatic carbocycles. The fourth-order valence-corrected chi connectivity index (χ4v) is 5.03. The molecule has 2 aliphatic heterocycles. The van der Waals surface area contributed by atoms with E-state index >= 15 is 0 Å². The molecule has 0 N–H and O–H groups in total. The van der Waals surface area contributed by atoms with Gasteiger partial charge < -0.3 is 4.74 Å². The number of carbonyl (C=O) groups excluding carboxylic acids is 1. The lowest BCUT2D eigenvalue weighted by Gasteiger charge is -2.39. The molecule has 3 atom stereocenters. The zero-order chi connectivity index (χ0) is 15.0. The molecular weight excluding hydrogens is 264 g/mol. The lowest BCUT2D eigenvalue weighted by Crippen LogP contribution is -2.54. The number of hydrazine groups is 1. The van der Waals surface area contributed by atoms with Gasteiger partial charge in [-0.15, -0.1) is 0 Å². The van der Waals surface area contributed by atoms with Crippen molar-refractivity contribution in [1.29, 1.82) is 0 Å². The van der Waals surface area contributed by atoms with Gasteiger partial charge in [0.05, 0.1) is 11.2 Å². The standard InChI is InChI=1S/C17H22N2O2/c1-15(2)13-10-11-16(3)17(13,4)19(14(20)21-16)18(15)12-8-6-5-7-9-12/h5-9,13H,10-11H2,1-4H3/t13-,16+,17-/m0/s1. The van der Waals surface area contributed by atoms with Crippen molar-refractivity contribution in [2.24, 2.45) is 5.92 Å². The second kappa shape index (κ2) is 3.54. The van der Waals surface area contributed by atoms with E-state index in [4.69, 9.17) is 4.74 Å². The van der Waals surface area contributed by atoms with Crippen molar-refractivity contribution in [3.63, 3.8) is 0 Å². The van der Waals surface area contributed by atoms with E-state index in [-0.39, 0.29) is 22.8 Å². The SMILES string of the molecule is CC1(C)[C@@H]2CC[C@@]3(C)OC(=O)N(N1c1ccccc1)[C@@]23C. The molecule has 0 bridgehead atoms. The van der Waals surface area contributed by atoms with E-state index in [0.29, 0.717) is 5.92 Å². The van der Waals surface area contributed by atoms with Crippen molar-refractivity contribution >= 4 is 11.8 Å². The number of nitrogens with zero attached hydrogens (tertiary/aromatic N) is 2. The Morgan fingerprint density at radius 2 is 1.76 bits per heavy atom. The second-order valence-corrected chi connectivity index (χ2v) is 7.45. The molecule has 4 heteroatoms. The minimum absolute atomic E-state index is 0.104. The summed E-state index contributed by atoms with van der Waals surface area (Å²) >= 11 is 0. The molecule has 21 heavy (non-hydrogen) atoms. The van der Waals surface area contributed by atoms with Gasteiger partial charge in [0.15, 0.2) is 0 Å². The van der Waals surface area contributed by atoms with Gasteiger partial charge >= 0.3 is 6.09 Å². The van der Waals surface area contributed by atoms with E-state index in [0.717, 1.165) is 18.5 Å². The van der Waals surface area contributed by atoms with E-state index < -0.39 is 0 Å². The van der Waals surface area contributed by atoms with Crippen molar-refractivity contribution in [2.45, 2.75) is 57.2 Å². The number of anilines is 1. The number of rotatable bonds is 1. The van der Waals surface area contributed by atoms with Crippen LogP contribution >= 0.6 is 0 Å². The van der Waals surface area contributed by atoms with Crippen molar-refractivity contribution in [2.75, 3.05) is 5.01 Å². The predicted molar refractivity (Wildman–Crippen MR) is 80.9 cm³/mol.